The number of nitroso groups, excluding NO2 is 1. The van der Waals surface area contributed by atoms with Gasteiger partial charge in [-0.15, -0.1) is 4.91 Å². The number of pyridine rings is 1. The van der Waals surface area contributed by atoms with Gasteiger partial charge in [-0.1, -0.05) is 0 Å². The predicted molar refractivity (Wildman–Crippen MR) is 34.4 cm³/mol. The van der Waals surface area contributed by atoms with Crippen molar-refractivity contribution in [2.24, 2.45) is 5.18 Å². The molecule has 0 saturated heterocycles. The number of aromatic nitrogens is 1. The van der Waals surface area contributed by atoms with Crippen LogP contribution in [0.5, 0.6) is 0 Å². The molecule has 0 aliphatic heterocycles. The van der Waals surface area contributed by atoms with Crippen LogP contribution in [-0.4, -0.2) is 4.98 Å². The fourth-order valence-electron chi connectivity index (χ4n) is 0.593. The van der Waals surface area contributed by atoms with E-state index in [1.54, 1.807) is 0 Å². The van der Waals surface area contributed by atoms with Gasteiger partial charge in [0, 0.05) is 5.56 Å². The van der Waals surface area contributed by atoms with Gasteiger partial charge in [-0.25, -0.2) is 4.98 Å². The number of rotatable bonds is 1. The topological polar surface area (TPSA) is 42.3 Å². The van der Waals surface area contributed by atoms with Gasteiger partial charge in [-0.3, -0.25) is 0 Å². The standard InChI is InChI=1S/C6H5FN2O/c1-4-2-5(9-10)3-8-6(4)7/h2-3H,1H3. The Bertz CT molecular complexity index is 262. The van der Waals surface area contributed by atoms with Gasteiger partial charge in [-0.2, -0.15) is 4.39 Å². The van der Waals surface area contributed by atoms with Crippen molar-refractivity contribution in [2.45, 2.75) is 6.92 Å². The first-order valence-electron chi connectivity index (χ1n) is 2.69. The van der Waals surface area contributed by atoms with Crippen molar-refractivity contribution >= 4 is 5.69 Å². The molecule has 0 spiro atoms. The molecule has 0 aliphatic carbocycles. The largest absolute Gasteiger partial charge is 0.226 e. The van der Waals surface area contributed by atoms with E-state index in [9.17, 15) is 9.30 Å². The second kappa shape index (κ2) is 2.51. The van der Waals surface area contributed by atoms with E-state index in [0.29, 0.717) is 5.56 Å². The molecule has 1 heterocycles. The fraction of sp³-hybridized carbons (Fsp3) is 0.167. The third kappa shape index (κ3) is 1.15. The molecule has 0 N–H and O–H groups in total. The third-order valence-corrected chi connectivity index (χ3v) is 1.11. The summed E-state index contributed by atoms with van der Waals surface area (Å²) >= 11 is 0. The van der Waals surface area contributed by atoms with Gasteiger partial charge < -0.3 is 0 Å². The summed E-state index contributed by atoms with van der Waals surface area (Å²) in [5.41, 5.74) is 0.482. The Morgan fingerprint density at radius 3 is 2.90 bits per heavy atom. The second-order valence-corrected chi connectivity index (χ2v) is 1.89. The molecule has 1 aromatic heterocycles. The Labute approximate surface area is 56.9 Å². The van der Waals surface area contributed by atoms with Crippen LogP contribution in [0.4, 0.5) is 10.1 Å². The highest BCUT2D eigenvalue weighted by atomic mass is 19.1. The van der Waals surface area contributed by atoms with Gasteiger partial charge in [-0.05, 0) is 18.2 Å². The maximum Gasteiger partial charge on any atom is 0.215 e. The van der Waals surface area contributed by atoms with E-state index in [1.807, 2.05) is 0 Å². The molecule has 0 aromatic carbocycles. The average Bonchev–Trinajstić information content (AvgIpc) is 1.95. The summed E-state index contributed by atoms with van der Waals surface area (Å²) in [6.45, 7) is 1.52. The minimum atomic E-state index is -0.563. The minimum Gasteiger partial charge on any atom is -0.226 e. The molecule has 1 rings (SSSR count). The molecule has 1 aromatic rings. The summed E-state index contributed by atoms with van der Waals surface area (Å²) in [7, 11) is 0. The minimum absolute atomic E-state index is 0.152. The van der Waals surface area contributed by atoms with Crippen LogP contribution < -0.4 is 0 Å². The summed E-state index contributed by atoms with van der Waals surface area (Å²) in [6, 6.07) is 1.34. The molecule has 0 atom stereocenters. The Balaban J connectivity index is 3.16. The van der Waals surface area contributed by atoms with Crippen molar-refractivity contribution in [2.75, 3.05) is 0 Å². The van der Waals surface area contributed by atoms with Crippen molar-refractivity contribution in [1.29, 1.82) is 0 Å². The molecular formula is C6H5FN2O. The number of hydrogen-bond donors (Lipinski definition) is 0. The van der Waals surface area contributed by atoms with Crippen LogP contribution in [0.1, 0.15) is 5.56 Å². The van der Waals surface area contributed by atoms with E-state index < -0.39 is 5.95 Å². The van der Waals surface area contributed by atoms with Crippen LogP contribution in [-0.2, 0) is 0 Å². The lowest BCUT2D eigenvalue weighted by molar-refractivity contribution is 0.574. The molecule has 0 aliphatic rings. The molecule has 3 nitrogen and oxygen atoms in total. The third-order valence-electron chi connectivity index (χ3n) is 1.11. The summed E-state index contributed by atoms with van der Waals surface area (Å²) in [5.74, 6) is -0.563. The highest BCUT2D eigenvalue weighted by Gasteiger charge is 1.98. The van der Waals surface area contributed by atoms with Gasteiger partial charge in [0.1, 0.15) is 5.69 Å². The number of halogens is 1. The van der Waals surface area contributed by atoms with Crippen molar-refractivity contribution in [1.82, 2.24) is 4.98 Å². The first kappa shape index (κ1) is 6.80. The van der Waals surface area contributed by atoms with E-state index >= 15 is 0 Å². The van der Waals surface area contributed by atoms with E-state index in [1.165, 1.54) is 13.0 Å². The molecule has 0 bridgehead atoms. The van der Waals surface area contributed by atoms with E-state index in [2.05, 4.69) is 10.2 Å². The molecule has 0 amide bonds. The van der Waals surface area contributed by atoms with E-state index in [0.717, 1.165) is 6.20 Å². The monoisotopic (exact) mass is 140 g/mol. The molecular weight excluding hydrogens is 135 g/mol. The van der Waals surface area contributed by atoms with Crippen molar-refractivity contribution in [3.05, 3.63) is 28.7 Å². The molecule has 4 heteroatoms. The van der Waals surface area contributed by atoms with Crippen molar-refractivity contribution < 1.29 is 4.39 Å². The van der Waals surface area contributed by atoms with Crippen molar-refractivity contribution in [3.63, 3.8) is 0 Å². The van der Waals surface area contributed by atoms with Gasteiger partial charge in [0.2, 0.25) is 5.95 Å². The van der Waals surface area contributed by atoms with Crippen LogP contribution in [0, 0.1) is 17.8 Å². The Morgan fingerprint density at radius 2 is 2.40 bits per heavy atom. The van der Waals surface area contributed by atoms with Gasteiger partial charge in [0.15, 0.2) is 0 Å². The zero-order valence-corrected chi connectivity index (χ0v) is 5.34. The van der Waals surface area contributed by atoms with Crippen LogP contribution in [0.15, 0.2) is 17.4 Å². The van der Waals surface area contributed by atoms with Crippen LogP contribution in [0.25, 0.3) is 0 Å². The molecule has 52 valence electrons. The molecule has 0 unspecified atom stereocenters. The molecule has 0 saturated carbocycles. The average molecular weight is 140 g/mol. The zero-order valence-electron chi connectivity index (χ0n) is 5.34. The maximum absolute atomic E-state index is 12.4. The lowest BCUT2D eigenvalue weighted by atomic mass is 10.3. The number of aryl methyl sites for hydroxylation is 1. The normalized spacial score (nSPS) is 9.40. The summed E-state index contributed by atoms with van der Waals surface area (Å²) in [4.78, 5) is 13.1. The van der Waals surface area contributed by atoms with Crippen LogP contribution in [0.3, 0.4) is 0 Å². The number of nitrogens with zero attached hydrogens (tertiary/aromatic N) is 2. The van der Waals surface area contributed by atoms with Gasteiger partial charge in [0.05, 0.1) is 6.20 Å². The maximum atomic E-state index is 12.4. The predicted octanol–water partition coefficient (Wildman–Crippen LogP) is 1.93. The lowest BCUT2D eigenvalue weighted by Crippen LogP contribution is -1.84. The lowest BCUT2D eigenvalue weighted by Gasteiger charge is -1.92. The Hall–Kier alpha value is -1.32. The smallest absolute Gasteiger partial charge is 0.215 e. The quantitative estimate of drug-likeness (QED) is 0.441. The summed E-state index contributed by atoms with van der Waals surface area (Å²) in [6.07, 6.45) is 1.09. The zero-order chi connectivity index (χ0) is 7.56. The van der Waals surface area contributed by atoms with Gasteiger partial charge >= 0.3 is 0 Å². The van der Waals surface area contributed by atoms with Crippen LogP contribution in [0.2, 0.25) is 0 Å². The van der Waals surface area contributed by atoms with E-state index in [4.69, 9.17) is 0 Å². The summed E-state index contributed by atoms with van der Waals surface area (Å²) in [5, 5.41) is 2.59. The van der Waals surface area contributed by atoms with Crippen LogP contribution >= 0.6 is 0 Å². The Kier molecular flexibility index (Phi) is 1.71. The Morgan fingerprint density at radius 1 is 1.70 bits per heavy atom. The highest BCUT2D eigenvalue weighted by molar-refractivity contribution is 5.35. The van der Waals surface area contributed by atoms with E-state index in [-0.39, 0.29) is 5.69 Å². The first-order valence-corrected chi connectivity index (χ1v) is 2.69. The first-order chi connectivity index (χ1) is 4.74. The molecule has 0 fully saturated rings. The van der Waals surface area contributed by atoms with Crippen molar-refractivity contribution in [3.8, 4) is 0 Å². The summed E-state index contributed by atoms with van der Waals surface area (Å²) < 4.78 is 12.4. The fourth-order valence-corrected chi connectivity index (χ4v) is 0.593. The number of hydrogen-bond acceptors (Lipinski definition) is 3. The van der Waals surface area contributed by atoms with Gasteiger partial charge in [0.25, 0.3) is 0 Å². The highest BCUT2D eigenvalue weighted by Crippen LogP contribution is 2.12. The molecule has 10 heavy (non-hydrogen) atoms. The second-order valence-electron chi connectivity index (χ2n) is 1.89. The SMILES string of the molecule is Cc1cc(N=O)cnc1F. The molecule has 0 radical (unpaired) electrons.